The van der Waals surface area contributed by atoms with E-state index >= 15 is 0 Å². The Bertz CT molecular complexity index is 531. The van der Waals surface area contributed by atoms with Gasteiger partial charge >= 0.3 is 0 Å². The molecule has 7 heteroatoms. The van der Waals surface area contributed by atoms with E-state index in [0.29, 0.717) is 17.9 Å². The second-order valence-corrected chi connectivity index (χ2v) is 8.58. The second kappa shape index (κ2) is 8.88. The molecular formula is C20H34N4O3. The van der Waals surface area contributed by atoms with Gasteiger partial charge in [0.1, 0.15) is 0 Å². The number of carbonyl (C=O) groups excluding carboxylic acids is 2. The molecule has 2 amide bonds. The van der Waals surface area contributed by atoms with Gasteiger partial charge in [0.05, 0.1) is 12.1 Å². The summed E-state index contributed by atoms with van der Waals surface area (Å²) in [7, 11) is 0. The summed E-state index contributed by atoms with van der Waals surface area (Å²) in [6.07, 6.45) is 7.18. The Labute approximate surface area is 162 Å². The van der Waals surface area contributed by atoms with Crippen LogP contribution in [0.5, 0.6) is 0 Å². The molecule has 0 spiro atoms. The molecule has 4 aliphatic heterocycles. The molecule has 4 aliphatic rings. The van der Waals surface area contributed by atoms with E-state index in [-0.39, 0.29) is 18.0 Å². The fourth-order valence-electron chi connectivity index (χ4n) is 5.21. The third-order valence-corrected chi connectivity index (χ3v) is 6.78. The highest BCUT2D eigenvalue weighted by Crippen LogP contribution is 2.27. The summed E-state index contributed by atoms with van der Waals surface area (Å²) in [4.78, 5) is 29.8. The molecule has 3 unspecified atom stereocenters. The molecule has 0 aliphatic carbocycles. The van der Waals surface area contributed by atoms with Crippen molar-refractivity contribution < 1.29 is 14.3 Å². The topological polar surface area (TPSA) is 73.9 Å². The summed E-state index contributed by atoms with van der Waals surface area (Å²) in [6, 6.07) is 0.409. The van der Waals surface area contributed by atoms with Crippen LogP contribution in [0.2, 0.25) is 0 Å². The van der Waals surface area contributed by atoms with E-state index in [1.807, 2.05) is 0 Å². The molecule has 3 atom stereocenters. The highest BCUT2D eigenvalue weighted by molar-refractivity contribution is 5.84. The van der Waals surface area contributed by atoms with E-state index in [1.165, 1.54) is 0 Å². The molecule has 0 aromatic carbocycles. The van der Waals surface area contributed by atoms with Gasteiger partial charge < -0.3 is 20.3 Å². The van der Waals surface area contributed by atoms with Crippen LogP contribution in [0.1, 0.15) is 44.9 Å². The number of rotatable bonds is 5. The SMILES string of the molecule is O=C(NCC1CCCN(C2CCN(C3CCOCC3)C2=O)C1)C1CCCN1. The van der Waals surface area contributed by atoms with Gasteiger partial charge in [0.15, 0.2) is 0 Å². The molecule has 2 N–H and O–H groups in total. The normalized spacial score (nSPS) is 33.6. The van der Waals surface area contributed by atoms with Crippen molar-refractivity contribution in [1.82, 2.24) is 20.4 Å². The molecular weight excluding hydrogens is 344 g/mol. The first-order valence-corrected chi connectivity index (χ1v) is 10.9. The quantitative estimate of drug-likeness (QED) is 0.722. The maximum Gasteiger partial charge on any atom is 0.240 e. The minimum Gasteiger partial charge on any atom is -0.381 e. The van der Waals surface area contributed by atoms with Crippen molar-refractivity contribution in [3.63, 3.8) is 0 Å². The summed E-state index contributed by atoms with van der Waals surface area (Å²) >= 11 is 0. The summed E-state index contributed by atoms with van der Waals surface area (Å²) in [6.45, 7) is 6.06. The zero-order valence-electron chi connectivity index (χ0n) is 16.3. The maximum absolute atomic E-state index is 13.0. The number of carbonyl (C=O) groups is 2. The van der Waals surface area contributed by atoms with Gasteiger partial charge in [-0.3, -0.25) is 14.5 Å². The first-order chi connectivity index (χ1) is 13.2. The van der Waals surface area contributed by atoms with Crippen LogP contribution in [0.3, 0.4) is 0 Å². The molecule has 4 rings (SSSR count). The van der Waals surface area contributed by atoms with Crippen LogP contribution in [0.15, 0.2) is 0 Å². The molecule has 0 aromatic heterocycles. The van der Waals surface area contributed by atoms with Crippen molar-refractivity contribution in [3.8, 4) is 0 Å². The van der Waals surface area contributed by atoms with E-state index in [0.717, 1.165) is 90.9 Å². The van der Waals surface area contributed by atoms with Gasteiger partial charge in [0.25, 0.3) is 0 Å². The minimum absolute atomic E-state index is 0.00543. The van der Waals surface area contributed by atoms with Gasteiger partial charge in [0, 0.05) is 38.9 Å². The number of piperidine rings is 1. The standard InChI is InChI=1S/C20H34N4O3/c25-19(17-4-1-8-21-17)22-13-15-3-2-9-23(14-15)18-5-10-24(20(18)26)16-6-11-27-12-7-16/h15-18,21H,1-14H2,(H,22,25). The number of hydrogen-bond donors (Lipinski definition) is 2. The van der Waals surface area contributed by atoms with Crippen LogP contribution in [-0.2, 0) is 14.3 Å². The van der Waals surface area contributed by atoms with E-state index in [9.17, 15) is 9.59 Å². The largest absolute Gasteiger partial charge is 0.381 e. The molecule has 4 heterocycles. The van der Waals surface area contributed by atoms with Crippen LogP contribution in [-0.4, -0.2) is 85.7 Å². The average Bonchev–Trinajstić information content (AvgIpc) is 3.37. The van der Waals surface area contributed by atoms with Crippen LogP contribution < -0.4 is 10.6 Å². The molecule has 4 fully saturated rings. The minimum atomic E-state index is -0.00543. The van der Waals surface area contributed by atoms with Crippen LogP contribution in [0.4, 0.5) is 0 Å². The summed E-state index contributed by atoms with van der Waals surface area (Å²) in [5, 5.41) is 6.40. The highest BCUT2D eigenvalue weighted by atomic mass is 16.5. The lowest BCUT2D eigenvalue weighted by Gasteiger charge is -2.37. The molecule has 0 saturated carbocycles. The van der Waals surface area contributed by atoms with Gasteiger partial charge in [-0.25, -0.2) is 0 Å². The Morgan fingerprint density at radius 3 is 2.74 bits per heavy atom. The number of nitrogens with one attached hydrogen (secondary N) is 2. The monoisotopic (exact) mass is 378 g/mol. The maximum atomic E-state index is 13.0. The van der Waals surface area contributed by atoms with Crippen molar-refractivity contribution in [3.05, 3.63) is 0 Å². The van der Waals surface area contributed by atoms with Gasteiger partial charge in [-0.05, 0) is 64.0 Å². The van der Waals surface area contributed by atoms with E-state index < -0.39 is 0 Å². The number of nitrogens with zero attached hydrogens (tertiary/aromatic N) is 2. The van der Waals surface area contributed by atoms with Crippen molar-refractivity contribution in [1.29, 1.82) is 0 Å². The highest BCUT2D eigenvalue weighted by Gasteiger charge is 2.40. The summed E-state index contributed by atoms with van der Waals surface area (Å²) in [5.74, 6) is 0.919. The lowest BCUT2D eigenvalue weighted by atomic mass is 9.96. The molecule has 27 heavy (non-hydrogen) atoms. The van der Waals surface area contributed by atoms with E-state index in [1.54, 1.807) is 0 Å². The number of hydrogen-bond acceptors (Lipinski definition) is 5. The van der Waals surface area contributed by atoms with Crippen molar-refractivity contribution >= 4 is 11.8 Å². The predicted molar refractivity (Wildman–Crippen MR) is 102 cm³/mol. The fraction of sp³-hybridized carbons (Fsp3) is 0.900. The Balaban J connectivity index is 1.26. The Kier molecular flexibility index (Phi) is 6.30. The first kappa shape index (κ1) is 19.2. The predicted octanol–water partition coefficient (Wildman–Crippen LogP) is 0.347. The van der Waals surface area contributed by atoms with Crippen molar-refractivity contribution in [2.45, 2.75) is 63.1 Å². The van der Waals surface area contributed by atoms with E-state index in [2.05, 4.69) is 20.4 Å². The molecule has 0 aromatic rings. The van der Waals surface area contributed by atoms with Crippen molar-refractivity contribution in [2.24, 2.45) is 5.92 Å². The zero-order chi connectivity index (χ0) is 18.6. The molecule has 7 nitrogen and oxygen atoms in total. The summed E-state index contributed by atoms with van der Waals surface area (Å²) in [5.41, 5.74) is 0. The van der Waals surface area contributed by atoms with Crippen molar-refractivity contribution in [2.75, 3.05) is 45.9 Å². The third kappa shape index (κ3) is 4.46. The van der Waals surface area contributed by atoms with Crippen LogP contribution in [0.25, 0.3) is 0 Å². The third-order valence-electron chi connectivity index (χ3n) is 6.78. The van der Waals surface area contributed by atoms with E-state index in [4.69, 9.17) is 4.74 Å². The van der Waals surface area contributed by atoms with Crippen LogP contribution in [0, 0.1) is 5.92 Å². The lowest BCUT2D eigenvalue weighted by Crippen LogP contribution is -2.51. The number of ether oxygens (including phenoxy) is 1. The van der Waals surface area contributed by atoms with Gasteiger partial charge in [-0.1, -0.05) is 0 Å². The average molecular weight is 379 g/mol. The summed E-state index contributed by atoms with van der Waals surface area (Å²) < 4.78 is 5.45. The lowest BCUT2D eigenvalue weighted by molar-refractivity contribution is -0.136. The molecule has 0 bridgehead atoms. The molecule has 152 valence electrons. The van der Waals surface area contributed by atoms with Gasteiger partial charge in [-0.2, -0.15) is 0 Å². The zero-order valence-corrected chi connectivity index (χ0v) is 16.3. The molecule has 0 radical (unpaired) electrons. The Morgan fingerprint density at radius 2 is 1.96 bits per heavy atom. The second-order valence-electron chi connectivity index (χ2n) is 8.58. The Morgan fingerprint density at radius 1 is 1.11 bits per heavy atom. The number of amides is 2. The first-order valence-electron chi connectivity index (χ1n) is 10.9. The van der Waals surface area contributed by atoms with Gasteiger partial charge in [0.2, 0.25) is 11.8 Å². The number of likely N-dealkylation sites (tertiary alicyclic amines) is 2. The fourth-order valence-corrected chi connectivity index (χ4v) is 5.21. The Hall–Kier alpha value is -1.18. The molecule has 4 saturated heterocycles. The van der Waals surface area contributed by atoms with Gasteiger partial charge in [-0.15, -0.1) is 0 Å². The smallest absolute Gasteiger partial charge is 0.240 e. The van der Waals surface area contributed by atoms with Crippen LogP contribution >= 0.6 is 0 Å².